The van der Waals surface area contributed by atoms with E-state index in [2.05, 4.69) is 19.9 Å². The average molecular weight is 383 g/mol. The number of aliphatic hydroxyl groups excluding tert-OH is 1. The summed E-state index contributed by atoms with van der Waals surface area (Å²) in [7, 11) is 1.56. The third-order valence-corrected chi connectivity index (χ3v) is 5.37. The largest absolute Gasteiger partial charge is 0.497 e. The van der Waals surface area contributed by atoms with Gasteiger partial charge in [-0.2, -0.15) is 0 Å². The topological polar surface area (TPSA) is 124 Å². The molecule has 146 valence electrons. The van der Waals surface area contributed by atoms with E-state index in [4.69, 9.17) is 4.74 Å². The molecule has 0 bridgehead atoms. The number of aromatic amines is 1. The van der Waals surface area contributed by atoms with Gasteiger partial charge in [0.25, 0.3) is 0 Å². The van der Waals surface area contributed by atoms with Gasteiger partial charge in [0.15, 0.2) is 11.5 Å². The number of aromatic nitrogens is 4. The fourth-order valence-corrected chi connectivity index (χ4v) is 3.86. The van der Waals surface area contributed by atoms with Crippen molar-refractivity contribution in [2.75, 3.05) is 25.1 Å². The molecular weight excluding hydrogens is 362 g/mol. The van der Waals surface area contributed by atoms with Gasteiger partial charge in [0, 0.05) is 13.1 Å². The number of H-pyrrole nitrogens is 1. The first-order valence-corrected chi connectivity index (χ1v) is 8.97. The SMILES string of the molecule is COc1cccc(C[C@@]2(C(=O)O)CN(c3ncnc4nc[nH]c34)CC[C@H]2O)c1. The minimum atomic E-state index is -1.37. The van der Waals surface area contributed by atoms with Crippen molar-refractivity contribution in [2.24, 2.45) is 5.41 Å². The summed E-state index contributed by atoms with van der Waals surface area (Å²) in [4.78, 5) is 29.8. The van der Waals surface area contributed by atoms with Crippen molar-refractivity contribution in [3.63, 3.8) is 0 Å². The molecule has 0 aliphatic carbocycles. The van der Waals surface area contributed by atoms with E-state index in [0.717, 1.165) is 5.56 Å². The quantitative estimate of drug-likeness (QED) is 0.601. The minimum Gasteiger partial charge on any atom is -0.497 e. The highest BCUT2D eigenvalue weighted by Gasteiger charge is 2.49. The van der Waals surface area contributed by atoms with Gasteiger partial charge in [-0.3, -0.25) is 4.79 Å². The number of hydrogen-bond donors (Lipinski definition) is 3. The van der Waals surface area contributed by atoms with E-state index in [1.165, 1.54) is 12.7 Å². The number of methoxy groups -OCH3 is 1. The number of aliphatic carboxylic acids is 1. The fourth-order valence-electron chi connectivity index (χ4n) is 3.86. The monoisotopic (exact) mass is 383 g/mol. The van der Waals surface area contributed by atoms with E-state index in [0.29, 0.717) is 35.7 Å². The van der Waals surface area contributed by atoms with Gasteiger partial charge in [0.05, 0.1) is 19.5 Å². The summed E-state index contributed by atoms with van der Waals surface area (Å²) in [5, 5.41) is 20.8. The smallest absolute Gasteiger partial charge is 0.314 e. The molecule has 0 unspecified atom stereocenters. The van der Waals surface area contributed by atoms with Gasteiger partial charge >= 0.3 is 5.97 Å². The number of carboxylic acid groups (broad SMARTS) is 1. The van der Waals surface area contributed by atoms with Gasteiger partial charge in [-0.15, -0.1) is 0 Å². The van der Waals surface area contributed by atoms with Crippen LogP contribution in [0.4, 0.5) is 5.82 Å². The predicted molar refractivity (Wildman–Crippen MR) is 101 cm³/mol. The fraction of sp³-hybridized carbons (Fsp3) is 0.368. The zero-order valence-electron chi connectivity index (χ0n) is 15.4. The third kappa shape index (κ3) is 3.03. The summed E-state index contributed by atoms with van der Waals surface area (Å²) in [5.41, 5.74) is 0.587. The van der Waals surface area contributed by atoms with Crippen LogP contribution in [-0.2, 0) is 11.2 Å². The highest BCUT2D eigenvalue weighted by Crippen LogP contribution is 2.37. The molecule has 4 rings (SSSR count). The Kier molecular flexibility index (Phi) is 4.60. The maximum Gasteiger partial charge on any atom is 0.314 e. The van der Waals surface area contributed by atoms with Crippen LogP contribution in [-0.4, -0.2) is 62.4 Å². The average Bonchev–Trinajstić information content (AvgIpc) is 3.18. The number of rotatable bonds is 5. The number of fused-ring (bicyclic) bond motifs is 1. The number of carboxylic acids is 1. The Balaban J connectivity index is 1.71. The number of carbonyl (C=O) groups is 1. The van der Waals surface area contributed by atoms with Crippen molar-refractivity contribution in [3.8, 4) is 5.75 Å². The summed E-state index contributed by atoms with van der Waals surface area (Å²) in [6.45, 7) is 0.602. The maximum atomic E-state index is 12.4. The van der Waals surface area contributed by atoms with Crippen molar-refractivity contribution in [1.29, 1.82) is 0 Å². The Morgan fingerprint density at radius 2 is 2.25 bits per heavy atom. The zero-order valence-corrected chi connectivity index (χ0v) is 15.4. The molecule has 3 heterocycles. The number of nitrogens with one attached hydrogen (secondary N) is 1. The molecule has 1 aliphatic rings. The highest BCUT2D eigenvalue weighted by atomic mass is 16.5. The first kappa shape index (κ1) is 18.2. The van der Waals surface area contributed by atoms with Crippen LogP contribution in [0.2, 0.25) is 0 Å². The molecule has 3 N–H and O–H groups in total. The molecule has 3 aromatic rings. The number of aliphatic hydroxyl groups is 1. The summed E-state index contributed by atoms with van der Waals surface area (Å²) in [6, 6.07) is 7.26. The first-order valence-electron chi connectivity index (χ1n) is 8.97. The van der Waals surface area contributed by atoms with E-state index >= 15 is 0 Å². The van der Waals surface area contributed by atoms with E-state index in [-0.39, 0.29) is 13.0 Å². The minimum absolute atomic E-state index is 0.117. The lowest BCUT2D eigenvalue weighted by molar-refractivity contribution is -0.157. The third-order valence-electron chi connectivity index (χ3n) is 5.37. The van der Waals surface area contributed by atoms with Gasteiger partial charge < -0.3 is 24.8 Å². The van der Waals surface area contributed by atoms with Crippen LogP contribution in [0.5, 0.6) is 5.75 Å². The van der Waals surface area contributed by atoms with Crippen molar-refractivity contribution in [1.82, 2.24) is 19.9 Å². The number of benzene rings is 1. The van der Waals surface area contributed by atoms with Gasteiger partial charge in [-0.25, -0.2) is 15.0 Å². The second-order valence-electron chi connectivity index (χ2n) is 7.01. The molecule has 0 spiro atoms. The van der Waals surface area contributed by atoms with Crippen molar-refractivity contribution < 1.29 is 19.7 Å². The normalized spacial score (nSPS) is 22.4. The van der Waals surface area contributed by atoms with Gasteiger partial charge in [0.1, 0.15) is 23.0 Å². The lowest BCUT2D eigenvalue weighted by Crippen LogP contribution is -2.57. The summed E-state index contributed by atoms with van der Waals surface area (Å²) in [6.07, 6.45) is 2.45. The highest BCUT2D eigenvalue weighted by molar-refractivity contribution is 5.84. The summed E-state index contributed by atoms with van der Waals surface area (Å²) < 4.78 is 5.25. The zero-order chi connectivity index (χ0) is 19.7. The molecule has 1 aliphatic heterocycles. The molecule has 2 atom stereocenters. The number of piperidine rings is 1. The van der Waals surface area contributed by atoms with E-state index < -0.39 is 17.5 Å². The van der Waals surface area contributed by atoms with Crippen LogP contribution in [0.3, 0.4) is 0 Å². The second-order valence-corrected chi connectivity index (χ2v) is 7.01. The molecule has 1 fully saturated rings. The van der Waals surface area contributed by atoms with E-state index in [1.807, 2.05) is 17.0 Å². The Labute approximate surface area is 161 Å². The molecule has 9 heteroatoms. The number of hydrogen-bond acceptors (Lipinski definition) is 7. The van der Waals surface area contributed by atoms with Gasteiger partial charge in [0.2, 0.25) is 0 Å². The number of ether oxygens (including phenoxy) is 1. The summed E-state index contributed by atoms with van der Waals surface area (Å²) in [5.74, 6) is 0.197. The van der Waals surface area contributed by atoms with Crippen LogP contribution < -0.4 is 9.64 Å². The predicted octanol–water partition coefficient (Wildman–Crippen LogP) is 1.25. The molecule has 1 saturated heterocycles. The van der Waals surface area contributed by atoms with E-state index in [1.54, 1.807) is 19.2 Å². The maximum absolute atomic E-state index is 12.4. The molecule has 0 radical (unpaired) electrons. The lowest BCUT2D eigenvalue weighted by Gasteiger charge is -2.44. The van der Waals surface area contributed by atoms with Crippen molar-refractivity contribution >= 4 is 23.0 Å². The number of imidazole rings is 1. The molecule has 28 heavy (non-hydrogen) atoms. The van der Waals surface area contributed by atoms with Crippen molar-refractivity contribution in [3.05, 3.63) is 42.5 Å². The Hall–Kier alpha value is -3.20. The Morgan fingerprint density at radius 1 is 1.39 bits per heavy atom. The number of anilines is 1. The first-order chi connectivity index (χ1) is 13.5. The molecule has 9 nitrogen and oxygen atoms in total. The van der Waals surface area contributed by atoms with Crippen LogP contribution in [0.25, 0.3) is 11.2 Å². The van der Waals surface area contributed by atoms with Crippen molar-refractivity contribution in [2.45, 2.75) is 18.9 Å². The van der Waals surface area contributed by atoms with E-state index in [9.17, 15) is 15.0 Å². The summed E-state index contributed by atoms with van der Waals surface area (Å²) >= 11 is 0. The van der Waals surface area contributed by atoms with Crippen LogP contribution >= 0.6 is 0 Å². The molecule has 0 saturated carbocycles. The van der Waals surface area contributed by atoms with Crippen LogP contribution in [0, 0.1) is 5.41 Å². The molecule has 0 amide bonds. The molecule has 2 aromatic heterocycles. The van der Waals surface area contributed by atoms with Gasteiger partial charge in [-0.05, 0) is 30.5 Å². The Bertz CT molecular complexity index is 1010. The molecule has 1 aromatic carbocycles. The van der Waals surface area contributed by atoms with Crippen LogP contribution in [0.1, 0.15) is 12.0 Å². The van der Waals surface area contributed by atoms with Crippen LogP contribution in [0.15, 0.2) is 36.9 Å². The Morgan fingerprint density at radius 3 is 3.04 bits per heavy atom. The van der Waals surface area contributed by atoms with Gasteiger partial charge in [-0.1, -0.05) is 12.1 Å². The second kappa shape index (κ2) is 7.08. The number of nitrogens with zero attached hydrogens (tertiary/aromatic N) is 4. The standard InChI is InChI=1S/C19H21N5O4/c1-28-13-4-2-3-12(7-13)8-19(18(26)27)9-24(6-5-14(19)25)17-15-16(21-10-20-15)22-11-23-17/h2-4,7,10-11,14,25H,5-6,8-9H2,1H3,(H,26,27)(H,20,21,22,23)/t14-,19-/m1/s1. The lowest BCUT2D eigenvalue weighted by atomic mass is 9.73. The molecular formula is C19H21N5O4.